The zero-order valence-electron chi connectivity index (χ0n) is 6.95. The summed E-state index contributed by atoms with van der Waals surface area (Å²) in [5, 5.41) is 0. The molecule has 0 aliphatic heterocycles. The average Bonchev–Trinajstić information content (AvgIpc) is 2.03. The molecule has 0 heterocycles. The normalized spacial score (nSPS) is 10.5. The molecule has 1 aromatic carbocycles. The maximum Gasteiger partial charge on any atom is 0.0639 e. The predicted molar refractivity (Wildman–Crippen MR) is 54.2 cm³/mol. The van der Waals surface area contributed by atoms with Gasteiger partial charge in [-0.15, -0.1) is 12.4 Å². The SMILES string of the molecule is C[C@H](N)C#Cc1ccccc1.Cl. The Balaban J connectivity index is 0.00000121. The molecule has 1 atom stereocenters. The summed E-state index contributed by atoms with van der Waals surface area (Å²) in [4.78, 5) is 0. The summed E-state index contributed by atoms with van der Waals surface area (Å²) in [7, 11) is 0. The van der Waals surface area contributed by atoms with E-state index < -0.39 is 0 Å². The second kappa shape index (κ2) is 5.65. The lowest BCUT2D eigenvalue weighted by molar-refractivity contribution is 0.959. The van der Waals surface area contributed by atoms with Crippen LogP contribution in [0, 0.1) is 11.8 Å². The van der Waals surface area contributed by atoms with Crippen LogP contribution in [0.5, 0.6) is 0 Å². The molecule has 0 unspecified atom stereocenters. The summed E-state index contributed by atoms with van der Waals surface area (Å²) < 4.78 is 0. The fraction of sp³-hybridized carbons (Fsp3) is 0.200. The lowest BCUT2D eigenvalue weighted by atomic mass is 10.2. The average molecular weight is 182 g/mol. The minimum absolute atomic E-state index is 0. The highest BCUT2D eigenvalue weighted by Crippen LogP contribution is 1.94. The number of halogens is 1. The van der Waals surface area contributed by atoms with Crippen molar-refractivity contribution >= 4 is 12.4 Å². The van der Waals surface area contributed by atoms with Crippen LogP contribution in [0.25, 0.3) is 0 Å². The first kappa shape index (κ1) is 11.0. The maximum absolute atomic E-state index is 5.47. The molecule has 0 saturated carbocycles. The Morgan fingerprint density at radius 2 is 1.83 bits per heavy atom. The van der Waals surface area contributed by atoms with Gasteiger partial charge in [-0.05, 0) is 19.1 Å². The van der Waals surface area contributed by atoms with Gasteiger partial charge in [0, 0.05) is 5.56 Å². The molecule has 1 rings (SSSR count). The van der Waals surface area contributed by atoms with Crippen molar-refractivity contribution in [3.63, 3.8) is 0 Å². The zero-order valence-corrected chi connectivity index (χ0v) is 7.77. The van der Waals surface area contributed by atoms with Gasteiger partial charge in [-0.25, -0.2) is 0 Å². The molecule has 0 fully saturated rings. The van der Waals surface area contributed by atoms with Crippen LogP contribution >= 0.6 is 12.4 Å². The van der Waals surface area contributed by atoms with E-state index in [9.17, 15) is 0 Å². The fourth-order valence-electron chi connectivity index (χ4n) is 0.719. The molecule has 2 N–H and O–H groups in total. The highest BCUT2D eigenvalue weighted by atomic mass is 35.5. The van der Waals surface area contributed by atoms with E-state index >= 15 is 0 Å². The number of rotatable bonds is 0. The van der Waals surface area contributed by atoms with Gasteiger partial charge in [0.1, 0.15) is 0 Å². The number of nitrogens with two attached hydrogens (primary N) is 1. The minimum Gasteiger partial charge on any atom is -0.318 e. The van der Waals surface area contributed by atoms with Crippen molar-refractivity contribution in [3.8, 4) is 11.8 Å². The van der Waals surface area contributed by atoms with Gasteiger partial charge in [0.05, 0.1) is 6.04 Å². The standard InChI is InChI=1S/C10H11N.ClH/c1-9(11)7-8-10-5-3-2-4-6-10;/h2-6,9H,11H2,1H3;1H/t9-;/m0./s1. The predicted octanol–water partition coefficient (Wildman–Crippen LogP) is 1.81. The van der Waals surface area contributed by atoms with Crippen molar-refractivity contribution in [2.75, 3.05) is 0 Å². The first-order valence-corrected chi connectivity index (χ1v) is 3.61. The molecule has 12 heavy (non-hydrogen) atoms. The summed E-state index contributed by atoms with van der Waals surface area (Å²) in [6.07, 6.45) is 0. The summed E-state index contributed by atoms with van der Waals surface area (Å²) in [6.45, 7) is 1.87. The van der Waals surface area contributed by atoms with E-state index in [1.165, 1.54) is 0 Å². The first-order chi connectivity index (χ1) is 5.29. The molecule has 1 nitrogen and oxygen atoms in total. The highest BCUT2D eigenvalue weighted by molar-refractivity contribution is 5.85. The van der Waals surface area contributed by atoms with Crippen molar-refractivity contribution in [2.45, 2.75) is 13.0 Å². The molecule has 2 heteroatoms. The molecular weight excluding hydrogens is 170 g/mol. The number of hydrogen-bond acceptors (Lipinski definition) is 1. The lowest BCUT2D eigenvalue weighted by Gasteiger charge is -1.89. The third kappa shape index (κ3) is 4.02. The Kier molecular flexibility index (Phi) is 5.19. The van der Waals surface area contributed by atoms with E-state index in [1.54, 1.807) is 0 Å². The van der Waals surface area contributed by atoms with Crippen molar-refractivity contribution in [1.82, 2.24) is 0 Å². The second-order valence-electron chi connectivity index (χ2n) is 2.42. The second-order valence-corrected chi connectivity index (χ2v) is 2.42. The highest BCUT2D eigenvalue weighted by Gasteiger charge is 1.83. The van der Waals surface area contributed by atoms with Crippen LogP contribution in [0.15, 0.2) is 30.3 Å². The molecule has 0 aliphatic carbocycles. The zero-order chi connectivity index (χ0) is 8.10. The van der Waals surface area contributed by atoms with E-state index in [0.29, 0.717) is 0 Å². The van der Waals surface area contributed by atoms with E-state index in [0.717, 1.165) is 5.56 Å². The van der Waals surface area contributed by atoms with Crippen LogP contribution in [0.2, 0.25) is 0 Å². The molecule has 0 aromatic heterocycles. The van der Waals surface area contributed by atoms with Gasteiger partial charge in [0.25, 0.3) is 0 Å². The fourth-order valence-corrected chi connectivity index (χ4v) is 0.719. The molecule has 64 valence electrons. The maximum atomic E-state index is 5.47. The molecule has 1 aromatic rings. The van der Waals surface area contributed by atoms with Crippen LogP contribution in [0.4, 0.5) is 0 Å². The van der Waals surface area contributed by atoms with E-state index in [2.05, 4.69) is 11.8 Å². The minimum atomic E-state index is -0.0461. The third-order valence-corrected chi connectivity index (χ3v) is 1.22. The van der Waals surface area contributed by atoms with Crippen LogP contribution in [0.1, 0.15) is 12.5 Å². The Labute approximate surface area is 79.4 Å². The van der Waals surface area contributed by atoms with E-state index in [-0.39, 0.29) is 18.4 Å². The van der Waals surface area contributed by atoms with Crippen LogP contribution in [0.3, 0.4) is 0 Å². The smallest absolute Gasteiger partial charge is 0.0639 e. The molecule has 0 saturated heterocycles. The molecule has 0 spiro atoms. The van der Waals surface area contributed by atoms with Crippen LogP contribution < -0.4 is 5.73 Å². The van der Waals surface area contributed by atoms with E-state index in [1.807, 2.05) is 37.3 Å². The Morgan fingerprint density at radius 1 is 1.25 bits per heavy atom. The van der Waals surface area contributed by atoms with Crippen molar-refractivity contribution in [1.29, 1.82) is 0 Å². The van der Waals surface area contributed by atoms with E-state index in [4.69, 9.17) is 5.73 Å². The quantitative estimate of drug-likeness (QED) is 0.607. The van der Waals surface area contributed by atoms with Gasteiger partial charge in [-0.3, -0.25) is 0 Å². The molecule has 0 amide bonds. The molecule has 0 bridgehead atoms. The summed E-state index contributed by atoms with van der Waals surface area (Å²) >= 11 is 0. The molecular formula is C10H12ClN. The van der Waals surface area contributed by atoms with Crippen LogP contribution in [-0.2, 0) is 0 Å². The third-order valence-electron chi connectivity index (χ3n) is 1.22. The lowest BCUT2D eigenvalue weighted by Crippen LogP contribution is -2.10. The summed E-state index contributed by atoms with van der Waals surface area (Å²) in [6, 6.07) is 9.79. The van der Waals surface area contributed by atoms with Gasteiger partial charge in [0.2, 0.25) is 0 Å². The van der Waals surface area contributed by atoms with Crippen molar-refractivity contribution in [3.05, 3.63) is 35.9 Å². The Bertz CT molecular complexity index is 269. The number of benzene rings is 1. The first-order valence-electron chi connectivity index (χ1n) is 3.61. The number of hydrogen-bond donors (Lipinski definition) is 1. The largest absolute Gasteiger partial charge is 0.318 e. The summed E-state index contributed by atoms with van der Waals surface area (Å²) in [5.74, 6) is 5.86. The molecule has 0 aliphatic rings. The van der Waals surface area contributed by atoms with Gasteiger partial charge >= 0.3 is 0 Å². The van der Waals surface area contributed by atoms with Gasteiger partial charge in [-0.2, -0.15) is 0 Å². The van der Waals surface area contributed by atoms with Gasteiger partial charge in [-0.1, -0.05) is 30.0 Å². The van der Waals surface area contributed by atoms with Crippen molar-refractivity contribution in [2.24, 2.45) is 5.73 Å². The monoisotopic (exact) mass is 181 g/mol. The van der Waals surface area contributed by atoms with Crippen molar-refractivity contribution < 1.29 is 0 Å². The Hall–Kier alpha value is -0.970. The van der Waals surface area contributed by atoms with Gasteiger partial charge in [0.15, 0.2) is 0 Å². The topological polar surface area (TPSA) is 26.0 Å². The Morgan fingerprint density at radius 3 is 2.33 bits per heavy atom. The van der Waals surface area contributed by atoms with Crippen LogP contribution in [-0.4, -0.2) is 6.04 Å². The summed E-state index contributed by atoms with van der Waals surface area (Å²) in [5.41, 5.74) is 6.48. The van der Waals surface area contributed by atoms with Gasteiger partial charge < -0.3 is 5.73 Å². The molecule has 0 radical (unpaired) electrons.